The lowest BCUT2D eigenvalue weighted by Crippen LogP contribution is -2.30. The maximum absolute atomic E-state index is 12.1. The number of nitro groups is 1. The molecule has 0 aliphatic rings. The number of carbonyl (C=O) groups excluding carboxylic acids is 2. The van der Waals surface area contributed by atoms with E-state index in [0.29, 0.717) is 0 Å². The zero-order valence-corrected chi connectivity index (χ0v) is 14.4. The Kier molecular flexibility index (Phi) is 5.95. The van der Waals surface area contributed by atoms with Crippen molar-refractivity contribution in [2.75, 3.05) is 5.32 Å². The van der Waals surface area contributed by atoms with E-state index in [2.05, 4.69) is 5.32 Å². The first kappa shape index (κ1) is 18.7. The van der Waals surface area contributed by atoms with Crippen molar-refractivity contribution in [2.45, 2.75) is 13.0 Å². The van der Waals surface area contributed by atoms with Crippen LogP contribution in [-0.2, 0) is 9.53 Å². The number of nitro benzene ring substituents is 1. The number of esters is 1. The minimum atomic E-state index is -1.19. The smallest absolute Gasteiger partial charge is 0.339 e. The molecule has 1 atom stereocenters. The van der Waals surface area contributed by atoms with E-state index in [9.17, 15) is 19.7 Å². The average Bonchev–Trinajstić information content (AvgIpc) is 2.54. The second-order valence-electron chi connectivity index (χ2n) is 4.97. The molecule has 0 saturated heterocycles. The van der Waals surface area contributed by atoms with Crippen molar-refractivity contribution in [3.63, 3.8) is 0 Å². The van der Waals surface area contributed by atoms with Crippen molar-refractivity contribution in [3.05, 3.63) is 68.2 Å². The molecule has 2 aromatic carbocycles. The van der Waals surface area contributed by atoms with Crippen molar-refractivity contribution < 1.29 is 19.2 Å². The largest absolute Gasteiger partial charge is 0.449 e. The van der Waals surface area contributed by atoms with Crippen LogP contribution in [0.4, 0.5) is 11.4 Å². The second kappa shape index (κ2) is 7.96. The van der Waals surface area contributed by atoms with Crippen molar-refractivity contribution in [2.24, 2.45) is 0 Å². The monoisotopic (exact) mass is 382 g/mol. The van der Waals surface area contributed by atoms with Crippen LogP contribution in [0, 0.1) is 10.1 Å². The molecular formula is C16H12Cl2N2O5. The van der Waals surface area contributed by atoms with Gasteiger partial charge >= 0.3 is 5.97 Å². The van der Waals surface area contributed by atoms with Crippen molar-refractivity contribution in [1.29, 1.82) is 0 Å². The number of benzene rings is 2. The maximum atomic E-state index is 12.1. The van der Waals surface area contributed by atoms with Crippen molar-refractivity contribution >= 4 is 46.5 Å². The van der Waals surface area contributed by atoms with Gasteiger partial charge in [-0.2, -0.15) is 0 Å². The summed E-state index contributed by atoms with van der Waals surface area (Å²) in [5.74, 6) is -1.51. The van der Waals surface area contributed by atoms with E-state index in [0.717, 1.165) is 0 Å². The van der Waals surface area contributed by atoms with Gasteiger partial charge in [-0.3, -0.25) is 14.9 Å². The molecular weight excluding hydrogens is 371 g/mol. The molecule has 0 bridgehead atoms. The van der Waals surface area contributed by atoms with E-state index in [-0.39, 0.29) is 27.0 Å². The highest BCUT2D eigenvalue weighted by Crippen LogP contribution is 2.24. The zero-order chi connectivity index (χ0) is 18.6. The van der Waals surface area contributed by atoms with Gasteiger partial charge < -0.3 is 10.1 Å². The predicted molar refractivity (Wildman–Crippen MR) is 93.1 cm³/mol. The number of halogens is 2. The molecule has 7 nitrogen and oxygen atoms in total. The molecule has 0 aliphatic carbocycles. The standard InChI is InChI=1S/C16H12Cl2N2O5/c1-9(25-16(22)10-6-11(17)8-12(18)7-10)15(21)19-13-4-2-3-5-14(13)20(23)24/h2-9H,1H3,(H,19,21)/t9-/m1/s1. The van der Waals surface area contributed by atoms with E-state index in [1.807, 2.05) is 0 Å². The highest BCUT2D eigenvalue weighted by Gasteiger charge is 2.22. The van der Waals surface area contributed by atoms with Crippen LogP contribution < -0.4 is 5.32 Å². The molecule has 0 heterocycles. The molecule has 2 aromatic rings. The third kappa shape index (κ3) is 4.91. The number of ether oxygens (including phenoxy) is 1. The number of hydrogen-bond donors (Lipinski definition) is 1. The first-order chi connectivity index (χ1) is 11.8. The van der Waals surface area contributed by atoms with E-state index < -0.39 is 22.9 Å². The molecule has 0 spiro atoms. The topological polar surface area (TPSA) is 98.5 Å². The van der Waals surface area contributed by atoms with Crippen LogP contribution in [0.1, 0.15) is 17.3 Å². The first-order valence-corrected chi connectivity index (χ1v) is 7.75. The van der Waals surface area contributed by atoms with Crippen LogP contribution in [0.2, 0.25) is 10.0 Å². The van der Waals surface area contributed by atoms with Gasteiger partial charge in [0.2, 0.25) is 0 Å². The Labute approximate surface area is 152 Å². The summed E-state index contributed by atoms with van der Waals surface area (Å²) in [5.41, 5.74) is -0.176. The van der Waals surface area contributed by atoms with E-state index in [1.54, 1.807) is 0 Å². The van der Waals surface area contributed by atoms with Crippen LogP contribution in [0.15, 0.2) is 42.5 Å². The lowest BCUT2D eigenvalue weighted by Gasteiger charge is -2.14. The number of para-hydroxylation sites is 2. The highest BCUT2D eigenvalue weighted by molar-refractivity contribution is 6.35. The molecule has 0 radical (unpaired) electrons. The van der Waals surface area contributed by atoms with Crippen LogP contribution in [0.3, 0.4) is 0 Å². The fraction of sp³-hybridized carbons (Fsp3) is 0.125. The molecule has 0 aliphatic heterocycles. The summed E-state index contributed by atoms with van der Waals surface area (Å²) in [6.45, 7) is 1.34. The van der Waals surface area contributed by atoms with Gasteiger partial charge in [0, 0.05) is 16.1 Å². The number of amides is 1. The van der Waals surface area contributed by atoms with Crippen LogP contribution in [-0.4, -0.2) is 22.9 Å². The van der Waals surface area contributed by atoms with Gasteiger partial charge in [-0.1, -0.05) is 35.3 Å². The fourth-order valence-electron chi connectivity index (χ4n) is 1.93. The Bertz CT molecular complexity index is 821. The Morgan fingerprint density at radius 3 is 2.36 bits per heavy atom. The number of nitrogens with zero attached hydrogens (tertiary/aromatic N) is 1. The Hall–Kier alpha value is -2.64. The third-order valence-electron chi connectivity index (χ3n) is 3.11. The average molecular weight is 383 g/mol. The number of rotatable bonds is 5. The molecule has 130 valence electrons. The molecule has 25 heavy (non-hydrogen) atoms. The Morgan fingerprint density at radius 1 is 1.16 bits per heavy atom. The number of anilines is 1. The first-order valence-electron chi connectivity index (χ1n) is 6.99. The van der Waals surface area contributed by atoms with E-state index >= 15 is 0 Å². The van der Waals surface area contributed by atoms with Gasteiger partial charge in [0.25, 0.3) is 11.6 Å². The normalized spacial score (nSPS) is 11.5. The lowest BCUT2D eigenvalue weighted by atomic mass is 10.2. The Balaban J connectivity index is 2.08. The summed E-state index contributed by atoms with van der Waals surface area (Å²) in [6, 6.07) is 9.78. The van der Waals surface area contributed by atoms with Gasteiger partial charge in [-0.25, -0.2) is 4.79 Å². The minimum Gasteiger partial charge on any atom is -0.449 e. The highest BCUT2D eigenvalue weighted by atomic mass is 35.5. The van der Waals surface area contributed by atoms with Crippen LogP contribution in [0.5, 0.6) is 0 Å². The summed E-state index contributed by atoms with van der Waals surface area (Å²) < 4.78 is 5.04. The van der Waals surface area contributed by atoms with E-state index in [4.69, 9.17) is 27.9 Å². The van der Waals surface area contributed by atoms with Gasteiger partial charge in [0.05, 0.1) is 10.5 Å². The van der Waals surface area contributed by atoms with Crippen LogP contribution >= 0.6 is 23.2 Å². The molecule has 1 amide bonds. The third-order valence-corrected chi connectivity index (χ3v) is 3.55. The molecule has 2 rings (SSSR count). The summed E-state index contributed by atoms with van der Waals surface area (Å²) in [6.07, 6.45) is -1.19. The summed E-state index contributed by atoms with van der Waals surface area (Å²) in [7, 11) is 0. The number of hydrogen-bond acceptors (Lipinski definition) is 5. The molecule has 0 unspecified atom stereocenters. The van der Waals surface area contributed by atoms with Gasteiger partial charge in [-0.15, -0.1) is 0 Å². The summed E-state index contributed by atoms with van der Waals surface area (Å²) in [5, 5.41) is 13.8. The van der Waals surface area contributed by atoms with Gasteiger partial charge in [0.1, 0.15) is 5.69 Å². The number of nitrogens with one attached hydrogen (secondary N) is 1. The van der Waals surface area contributed by atoms with Crippen molar-refractivity contribution in [3.8, 4) is 0 Å². The van der Waals surface area contributed by atoms with Crippen molar-refractivity contribution in [1.82, 2.24) is 0 Å². The minimum absolute atomic E-state index is 0.00574. The zero-order valence-electron chi connectivity index (χ0n) is 12.9. The summed E-state index contributed by atoms with van der Waals surface area (Å²) in [4.78, 5) is 34.5. The van der Waals surface area contributed by atoms with E-state index in [1.165, 1.54) is 49.4 Å². The number of carbonyl (C=O) groups is 2. The SMILES string of the molecule is C[C@@H](OC(=O)c1cc(Cl)cc(Cl)c1)C(=O)Nc1ccccc1[N+](=O)[O-]. The maximum Gasteiger partial charge on any atom is 0.339 e. The quantitative estimate of drug-likeness (QED) is 0.477. The predicted octanol–water partition coefficient (Wildman–Crippen LogP) is 4.09. The molecule has 9 heteroatoms. The Morgan fingerprint density at radius 2 is 1.76 bits per heavy atom. The molecule has 1 N–H and O–H groups in total. The molecule has 0 fully saturated rings. The van der Waals surface area contributed by atoms with Gasteiger partial charge in [0.15, 0.2) is 6.10 Å². The summed E-state index contributed by atoms with van der Waals surface area (Å²) >= 11 is 11.6. The second-order valence-corrected chi connectivity index (χ2v) is 5.84. The molecule has 0 saturated carbocycles. The van der Waals surface area contributed by atoms with Crippen LogP contribution in [0.25, 0.3) is 0 Å². The lowest BCUT2D eigenvalue weighted by molar-refractivity contribution is -0.383. The molecule has 0 aromatic heterocycles. The fourth-order valence-corrected chi connectivity index (χ4v) is 2.45. The van der Waals surface area contributed by atoms with Gasteiger partial charge in [-0.05, 0) is 31.2 Å².